The van der Waals surface area contributed by atoms with Crippen LogP contribution in [0.2, 0.25) is 0 Å². The molecule has 3 heteroatoms. The molecular formula is C20H41NO2. The molecule has 0 rings (SSSR count). The molecule has 0 aliphatic rings. The molecular weight excluding hydrogens is 286 g/mol. The number of hydrogen-bond donors (Lipinski definition) is 0. The molecule has 0 N–H and O–H groups in total. The lowest BCUT2D eigenvalue weighted by Gasteiger charge is -2.28. The average Bonchev–Trinajstić information content (AvgIpc) is 2.47. The SMILES string of the molecule is CCCCCCCCCCCCC(C)(C)OC(=O)C(C)N(C)C. The lowest BCUT2D eigenvalue weighted by molar-refractivity contribution is -0.162. The van der Waals surface area contributed by atoms with Crippen molar-refractivity contribution in [2.24, 2.45) is 0 Å². The molecule has 0 aromatic heterocycles. The molecule has 0 amide bonds. The lowest BCUT2D eigenvalue weighted by Crippen LogP contribution is -2.39. The molecule has 0 aromatic rings. The average molecular weight is 328 g/mol. The second kappa shape index (κ2) is 12.8. The Balaban J connectivity index is 3.64. The van der Waals surface area contributed by atoms with Crippen LogP contribution in [0.25, 0.3) is 0 Å². The molecule has 1 unspecified atom stereocenters. The topological polar surface area (TPSA) is 29.5 Å². The molecule has 0 radical (unpaired) electrons. The molecule has 0 heterocycles. The summed E-state index contributed by atoms with van der Waals surface area (Å²) >= 11 is 0. The Hall–Kier alpha value is -0.570. The van der Waals surface area contributed by atoms with Crippen molar-refractivity contribution in [3.05, 3.63) is 0 Å². The highest BCUT2D eigenvalue weighted by Gasteiger charge is 2.26. The maximum absolute atomic E-state index is 12.0. The third-order valence-corrected chi connectivity index (χ3v) is 4.62. The van der Waals surface area contributed by atoms with Crippen molar-refractivity contribution in [2.75, 3.05) is 14.1 Å². The fourth-order valence-corrected chi connectivity index (χ4v) is 2.66. The fourth-order valence-electron chi connectivity index (χ4n) is 2.66. The van der Waals surface area contributed by atoms with Gasteiger partial charge in [0.2, 0.25) is 0 Å². The summed E-state index contributed by atoms with van der Waals surface area (Å²) in [5.74, 6) is -0.118. The fraction of sp³-hybridized carbons (Fsp3) is 0.950. The van der Waals surface area contributed by atoms with Gasteiger partial charge in [-0.1, -0.05) is 64.7 Å². The summed E-state index contributed by atoms with van der Waals surface area (Å²) in [5.41, 5.74) is -0.346. The van der Waals surface area contributed by atoms with Crippen molar-refractivity contribution in [2.45, 2.75) is 110 Å². The second-order valence-corrected chi connectivity index (χ2v) is 7.75. The molecule has 0 fully saturated rings. The van der Waals surface area contributed by atoms with Gasteiger partial charge in [-0.05, 0) is 47.7 Å². The van der Waals surface area contributed by atoms with E-state index in [0.29, 0.717) is 0 Å². The standard InChI is InChI=1S/C20H41NO2/c1-7-8-9-10-11-12-13-14-15-16-17-20(3,4)23-19(22)18(2)21(5)6/h18H,7-17H2,1-6H3. The Morgan fingerprint density at radius 3 is 1.78 bits per heavy atom. The number of esters is 1. The van der Waals surface area contributed by atoms with Gasteiger partial charge in [-0.25, -0.2) is 0 Å². The minimum absolute atomic E-state index is 0.118. The number of carbonyl (C=O) groups excluding carboxylic acids is 1. The Kier molecular flexibility index (Phi) is 12.5. The van der Waals surface area contributed by atoms with Gasteiger partial charge in [0.1, 0.15) is 11.6 Å². The van der Waals surface area contributed by atoms with Crippen molar-refractivity contribution < 1.29 is 9.53 Å². The number of carbonyl (C=O) groups is 1. The zero-order valence-electron chi connectivity index (χ0n) is 16.6. The van der Waals surface area contributed by atoms with E-state index in [1.54, 1.807) is 0 Å². The molecule has 3 nitrogen and oxygen atoms in total. The number of rotatable bonds is 14. The van der Waals surface area contributed by atoms with Crippen LogP contribution >= 0.6 is 0 Å². The van der Waals surface area contributed by atoms with E-state index in [2.05, 4.69) is 6.92 Å². The smallest absolute Gasteiger partial charge is 0.323 e. The van der Waals surface area contributed by atoms with Crippen molar-refractivity contribution in [1.29, 1.82) is 0 Å². The van der Waals surface area contributed by atoms with E-state index in [9.17, 15) is 4.79 Å². The Labute approximate surface area is 145 Å². The monoisotopic (exact) mass is 327 g/mol. The number of unbranched alkanes of at least 4 members (excludes halogenated alkanes) is 9. The highest BCUT2D eigenvalue weighted by Crippen LogP contribution is 2.21. The van der Waals surface area contributed by atoms with Gasteiger partial charge in [0.05, 0.1) is 0 Å². The van der Waals surface area contributed by atoms with Crippen LogP contribution in [0, 0.1) is 0 Å². The van der Waals surface area contributed by atoms with Crippen molar-refractivity contribution in [3.8, 4) is 0 Å². The lowest BCUT2D eigenvalue weighted by atomic mass is 9.99. The van der Waals surface area contributed by atoms with E-state index in [1.807, 2.05) is 39.8 Å². The first-order valence-electron chi connectivity index (χ1n) is 9.69. The molecule has 0 spiro atoms. The van der Waals surface area contributed by atoms with E-state index < -0.39 is 0 Å². The van der Waals surface area contributed by atoms with Crippen molar-refractivity contribution in [3.63, 3.8) is 0 Å². The first kappa shape index (κ1) is 22.4. The van der Waals surface area contributed by atoms with Crippen LogP contribution in [-0.2, 0) is 9.53 Å². The molecule has 0 aromatic carbocycles. The summed E-state index contributed by atoms with van der Waals surface area (Å²) in [4.78, 5) is 13.9. The van der Waals surface area contributed by atoms with E-state index in [1.165, 1.54) is 57.8 Å². The summed E-state index contributed by atoms with van der Waals surface area (Å²) in [6, 6.07) is -0.179. The molecule has 138 valence electrons. The largest absolute Gasteiger partial charge is 0.459 e. The molecule has 0 saturated heterocycles. The molecule has 0 saturated carbocycles. The number of nitrogens with zero attached hydrogens (tertiary/aromatic N) is 1. The highest BCUT2D eigenvalue weighted by molar-refractivity contribution is 5.75. The zero-order valence-corrected chi connectivity index (χ0v) is 16.6. The van der Waals surface area contributed by atoms with Crippen molar-refractivity contribution >= 4 is 5.97 Å². The quantitative estimate of drug-likeness (QED) is 0.308. The van der Waals surface area contributed by atoms with E-state index >= 15 is 0 Å². The summed E-state index contributed by atoms with van der Waals surface area (Å²) in [6.45, 7) is 8.21. The molecule has 0 aliphatic heterocycles. The first-order chi connectivity index (χ1) is 10.8. The van der Waals surface area contributed by atoms with Crippen molar-refractivity contribution in [1.82, 2.24) is 4.90 Å². The number of likely N-dealkylation sites (N-methyl/N-ethyl adjacent to an activating group) is 1. The van der Waals surface area contributed by atoms with Gasteiger partial charge in [-0.2, -0.15) is 0 Å². The predicted octanol–water partition coefficient (Wildman–Crippen LogP) is 5.57. The minimum atomic E-state index is -0.346. The van der Waals surface area contributed by atoms with Gasteiger partial charge in [0, 0.05) is 0 Å². The van der Waals surface area contributed by atoms with Crippen LogP contribution < -0.4 is 0 Å². The molecule has 0 aliphatic carbocycles. The number of ether oxygens (including phenoxy) is 1. The first-order valence-corrected chi connectivity index (χ1v) is 9.69. The van der Waals surface area contributed by atoms with Gasteiger partial charge in [-0.15, -0.1) is 0 Å². The predicted molar refractivity (Wildman–Crippen MR) is 99.8 cm³/mol. The van der Waals surface area contributed by atoms with Crippen LogP contribution in [-0.4, -0.2) is 36.6 Å². The Bertz CT molecular complexity index is 300. The van der Waals surface area contributed by atoms with Gasteiger partial charge in [0.25, 0.3) is 0 Å². The van der Waals surface area contributed by atoms with Crippen LogP contribution in [0.4, 0.5) is 0 Å². The van der Waals surface area contributed by atoms with Crippen LogP contribution in [0.1, 0.15) is 98.3 Å². The van der Waals surface area contributed by atoms with Crippen LogP contribution in [0.3, 0.4) is 0 Å². The van der Waals surface area contributed by atoms with Crippen LogP contribution in [0.5, 0.6) is 0 Å². The van der Waals surface area contributed by atoms with Gasteiger partial charge in [0.15, 0.2) is 0 Å². The van der Waals surface area contributed by atoms with Gasteiger partial charge < -0.3 is 4.74 Å². The molecule has 1 atom stereocenters. The Morgan fingerprint density at radius 2 is 1.35 bits per heavy atom. The summed E-state index contributed by atoms with van der Waals surface area (Å²) in [6.07, 6.45) is 14.3. The molecule has 0 bridgehead atoms. The second-order valence-electron chi connectivity index (χ2n) is 7.75. The van der Waals surface area contributed by atoms with Gasteiger partial charge in [-0.3, -0.25) is 9.69 Å². The summed E-state index contributed by atoms with van der Waals surface area (Å²) in [5, 5.41) is 0. The minimum Gasteiger partial charge on any atom is -0.459 e. The van der Waals surface area contributed by atoms with Gasteiger partial charge >= 0.3 is 5.97 Å². The summed E-state index contributed by atoms with van der Waals surface area (Å²) < 4.78 is 5.66. The third kappa shape index (κ3) is 12.5. The Morgan fingerprint density at radius 1 is 0.913 bits per heavy atom. The zero-order chi connectivity index (χ0) is 17.7. The van der Waals surface area contributed by atoms with E-state index in [-0.39, 0.29) is 17.6 Å². The van der Waals surface area contributed by atoms with Crippen LogP contribution in [0.15, 0.2) is 0 Å². The van der Waals surface area contributed by atoms with E-state index in [0.717, 1.165) is 12.8 Å². The third-order valence-electron chi connectivity index (χ3n) is 4.62. The van der Waals surface area contributed by atoms with E-state index in [4.69, 9.17) is 4.74 Å². The highest BCUT2D eigenvalue weighted by atomic mass is 16.6. The molecule has 23 heavy (non-hydrogen) atoms. The maximum Gasteiger partial charge on any atom is 0.323 e. The number of hydrogen-bond acceptors (Lipinski definition) is 3. The normalized spacial score (nSPS) is 13.3. The maximum atomic E-state index is 12.0. The summed E-state index contributed by atoms with van der Waals surface area (Å²) in [7, 11) is 3.81.